The van der Waals surface area contributed by atoms with Crippen LogP contribution in [0.25, 0.3) is 11.2 Å². The van der Waals surface area contributed by atoms with Crippen LogP contribution in [0.2, 0.25) is 0 Å². The predicted molar refractivity (Wildman–Crippen MR) is 99.5 cm³/mol. The summed E-state index contributed by atoms with van der Waals surface area (Å²) in [4.78, 5) is 27.1. The molecule has 0 unspecified atom stereocenters. The van der Waals surface area contributed by atoms with Gasteiger partial charge in [-0.2, -0.15) is 0 Å². The van der Waals surface area contributed by atoms with Gasteiger partial charge in [0, 0.05) is 50.9 Å². The number of piperazine rings is 1. The van der Waals surface area contributed by atoms with Crippen molar-refractivity contribution < 1.29 is 0 Å². The molecular weight excluding hydrogens is 328 g/mol. The van der Waals surface area contributed by atoms with Gasteiger partial charge in [-0.25, -0.2) is 24.9 Å². The zero-order valence-electron chi connectivity index (χ0n) is 15.1. The first-order chi connectivity index (χ1) is 12.7. The SMILES string of the molecule is Cc1nc(C2CC2)cc(N2CCN(c3ncnc4ncn(C)c34)CC2)n1. The Hall–Kier alpha value is -2.77. The molecule has 1 aliphatic carbocycles. The summed E-state index contributed by atoms with van der Waals surface area (Å²) in [6, 6.07) is 2.18. The van der Waals surface area contributed by atoms with Crippen LogP contribution in [0.5, 0.6) is 0 Å². The summed E-state index contributed by atoms with van der Waals surface area (Å²) in [5.41, 5.74) is 2.96. The van der Waals surface area contributed by atoms with Crippen molar-refractivity contribution >= 4 is 22.8 Å². The highest BCUT2D eigenvalue weighted by atomic mass is 15.3. The molecule has 1 aliphatic heterocycles. The predicted octanol–water partition coefficient (Wildman–Crippen LogP) is 1.67. The van der Waals surface area contributed by atoms with E-state index in [1.54, 1.807) is 12.7 Å². The number of rotatable bonds is 3. The Labute approximate surface area is 151 Å². The minimum atomic E-state index is 0.649. The van der Waals surface area contributed by atoms with Gasteiger partial charge in [-0.05, 0) is 19.8 Å². The Kier molecular flexibility index (Phi) is 3.51. The highest BCUT2D eigenvalue weighted by Gasteiger charge is 2.27. The second kappa shape index (κ2) is 5.89. The molecule has 0 amide bonds. The fraction of sp³-hybridized carbons (Fsp3) is 0.500. The van der Waals surface area contributed by atoms with E-state index in [1.165, 1.54) is 18.5 Å². The molecule has 2 fully saturated rings. The second-order valence-electron chi connectivity index (χ2n) is 7.17. The Morgan fingerprint density at radius 1 is 0.962 bits per heavy atom. The van der Waals surface area contributed by atoms with Gasteiger partial charge in [0.2, 0.25) is 0 Å². The first-order valence-electron chi connectivity index (χ1n) is 9.16. The molecule has 2 aliphatic rings. The molecule has 0 atom stereocenters. The molecule has 1 saturated carbocycles. The van der Waals surface area contributed by atoms with Gasteiger partial charge in [0.25, 0.3) is 0 Å². The van der Waals surface area contributed by atoms with Crippen LogP contribution in [0.3, 0.4) is 0 Å². The number of imidazole rings is 1. The lowest BCUT2D eigenvalue weighted by molar-refractivity contribution is 0.639. The van der Waals surface area contributed by atoms with Gasteiger partial charge >= 0.3 is 0 Å². The maximum absolute atomic E-state index is 4.68. The lowest BCUT2D eigenvalue weighted by Crippen LogP contribution is -2.47. The average Bonchev–Trinajstić information content (AvgIpc) is 3.45. The first kappa shape index (κ1) is 15.5. The van der Waals surface area contributed by atoms with Crippen molar-refractivity contribution in [2.45, 2.75) is 25.7 Å². The zero-order valence-corrected chi connectivity index (χ0v) is 15.1. The third-order valence-electron chi connectivity index (χ3n) is 5.23. The van der Waals surface area contributed by atoms with E-state index < -0.39 is 0 Å². The molecule has 5 rings (SSSR count). The smallest absolute Gasteiger partial charge is 0.182 e. The maximum atomic E-state index is 4.68. The Balaban J connectivity index is 1.37. The molecule has 134 valence electrons. The quantitative estimate of drug-likeness (QED) is 0.711. The molecule has 3 aromatic rings. The van der Waals surface area contributed by atoms with Crippen LogP contribution >= 0.6 is 0 Å². The first-order valence-corrected chi connectivity index (χ1v) is 9.16. The minimum absolute atomic E-state index is 0.649. The normalized spacial score (nSPS) is 17.9. The number of hydrogen-bond donors (Lipinski definition) is 0. The number of nitrogens with zero attached hydrogens (tertiary/aromatic N) is 8. The van der Waals surface area contributed by atoms with Gasteiger partial charge in [0.1, 0.15) is 23.5 Å². The zero-order chi connectivity index (χ0) is 17.7. The number of hydrogen-bond acceptors (Lipinski definition) is 7. The second-order valence-corrected chi connectivity index (χ2v) is 7.17. The van der Waals surface area contributed by atoms with Crippen LogP contribution in [0, 0.1) is 6.92 Å². The van der Waals surface area contributed by atoms with Crippen molar-refractivity contribution in [1.29, 1.82) is 0 Å². The van der Waals surface area contributed by atoms with Crippen molar-refractivity contribution in [2.24, 2.45) is 7.05 Å². The number of aromatic nitrogens is 6. The molecule has 26 heavy (non-hydrogen) atoms. The van der Waals surface area contributed by atoms with E-state index in [2.05, 4.69) is 40.8 Å². The lowest BCUT2D eigenvalue weighted by Gasteiger charge is -2.36. The van der Waals surface area contributed by atoms with E-state index in [9.17, 15) is 0 Å². The molecule has 0 bridgehead atoms. The van der Waals surface area contributed by atoms with Gasteiger partial charge in [0.05, 0.1) is 6.33 Å². The summed E-state index contributed by atoms with van der Waals surface area (Å²) in [5, 5.41) is 0. The Morgan fingerprint density at radius 3 is 2.50 bits per heavy atom. The summed E-state index contributed by atoms with van der Waals surface area (Å²) < 4.78 is 1.99. The van der Waals surface area contributed by atoms with E-state index in [-0.39, 0.29) is 0 Å². The third kappa shape index (κ3) is 2.65. The Bertz CT molecular complexity index is 953. The van der Waals surface area contributed by atoms with Crippen LogP contribution in [-0.2, 0) is 7.05 Å². The van der Waals surface area contributed by atoms with Crippen LogP contribution in [-0.4, -0.2) is 55.7 Å². The molecule has 8 nitrogen and oxygen atoms in total. The number of anilines is 2. The van der Waals surface area contributed by atoms with Gasteiger partial charge in [-0.15, -0.1) is 0 Å². The van der Waals surface area contributed by atoms with E-state index >= 15 is 0 Å². The topological polar surface area (TPSA) is 75.9 Å². The maximum Gasteiger partial charge on any atom is 0.182 e. The lowest BCUT2D eigenvalue weighted by atomic mass is 10.2. The average molecular weight is 350 g/mol. The van der Waals surface area contributed by atoms with E-state index in [4.69, 9.17) is 0 Å². The van der Waals surface area contributed by atoms with Crippen LogP contribution in [0.15, 0.2) is 18.7 Å². The molecule has 0 radical (unpaired) electrons. The highest BCUT2D eigenvalue weighted by Crippen LogP contribution is 2.39. The minimum Gasteiger partial charge on any atom is -0.353 e. The summed E-state index contributed by atoms with van der Waals surface area (Å²) in [7, 11) is 1.99. The van der Waals surface area contributed by atoms with E-state index in [0.717, 1.165) is 54.8 Å². The van der Waals surface area contributed by atoms with Crippen molar-refractivity contribution in [3.63, 3.8) is 0 Å². The molecule has 8 heteroatoms. The van der Waals surface area contributed by atoms with Crippen LogP contribution < -0.4 is 9.80 Å². The van der Waals surface area contributed by atoms with Gasteiger partial charge in [-0.1, -0.05) is 0 Å². The van der Waals surface area contributed by atoms with Gasteiger partial charge in [0.15, 0.2) is 11.5 Å². The van der Waals surface area contributed by atoms with Gasteiger partial charge in [-0.3, -0.25) is 0 Å². The third-order valence-corrected chi connectivity index (χ3v) is 5.23. The van der Waals surface area contributed by atoms with Crippen LogP contribution in [0.4, 0.5) is 11.6 Å². The largest absolute Gasteiger partial charge is 0.353 e. The Morgan fingerprint density at radius 2 is 1.73 bits per heavy atom. The van der Waals surface area contributed by atoms with E-state index in [0.29, 0.717) is 5.92 Å². The summed E-state index contributed by atoms with van der Waals surface area (Å²) in [6.45, 7) is 5.64. The molecule has 1 saturated heterocycles. The summed E-state index contributed by atoms with van der Waals surface area (Å²) >= 11 is 0. The molecule has 3 aromatic heterocycles. The summed E-state index contributed by atoms with van der Waals surface area (Å²) in [6.07, 6.45) is 5.92. The number of fused-ring (bicyclic) bond motifs is 1. The fourth-order valence-corrected chi connectivity index (χ4v) is 3.67. The fourth-order valence-electron chi connectivity index (χ4n) is 3.67. The van der Waals surface area contributed by atoms with Crippen molar-refractivity contribution in [3.8, 4) is 0 Å². The van der Waals surface area contributed by atoms with Crippen LogP contribution in [0.1, 0.15) is 30.3 Å². The standard InChI is InChI=1S/C18H22N8/c1-12-22-14(13-3-4-13)9-15(23-12)25-5-7-26(8-6-25)18-16-17(19-10-20-18)21-11-24(16)2/h9-11,13H,3-8H2,1-2H3. The monoisotopic (exact) mass is 350 g/mol. The molecule has 4 heterocycles. The molecule has 0 spiro atoms. The van der Waals surface area contributed by atoms with Crippen molar-refractivity contribution in [3.05, 3.63) is 30.2 Å². The highest BCUT2D eigenvalue weighted by molar-refractivity contribution is 5.83. The molecule has 0 N–H and O–H groups in total. The molecule has 0 aromatic carbocycles. The number of aryl methyl sites for hydroxylation is 2. The summed E-state index contributed by atoms with van der Waals surface area (Å²) in [5.74, 6) is 3.55. The van der Waals surface area contributed by atoms with Gasteiger partial charge < -0.3 is 14.4 Å². The molecular formula is C18H22N8. The van der Waals surface area contributed by atoms with E-state index in [1.807, 2.05) is 18.5 Å². The van der Waals surface area contributed by atoms with Crippen molar-refractivity contribution in [1.82, 2.24) is 29.5 Å². The van der Waals surface area contributed by atoms with Crippen molar-refractivity contribution in [2.75, 3.05) is 36.0 Å².